The highest BCUT2D eigenvalue weighted by atomic mass is 35.5. The second kappa shape index (κ2) is 10.2. The average Bonchev–Trinajstić information content (AvgIpc) is 2.80. The molecule has 0 bridgehead atoms. The van der Waals surface area contributed by atoms with Crippen LogP contribution in [-0.2, 0) is 11.3 Å². The van der Waals surface area contributed by atoms with Crippen LogP contribution in [0.25, 0.3) is 0 Å². The van der Waals surface area contributed by atoms with Gasteiger partial charge in [0.1, 0.15) is 11.9 Å². The monoisotopic (exact) mass is 399 g/mol. The molecule has 1 atom stereocenters. The van der Waals surface area contributed by atoms with Gasteiger partial charge in [-0.05, 0) is 30.5 Å². The van der Waals surface area contributed by atoms with E-state index < -0.39 is 0 Å². The van der Waals surface area contributed by atoms with Gasteiger partial charge in [0.25, 0.3) is 0 Å². The number of hydrogen-bond acceptors (Lipinski definition) is 3. The molecule has 1 saturated heterocycles. The SMILES string of the molecule is CN1C(=NC2CCCCCC2)SCC1C(=O)NCc1cccc(F)c1.Cl. The van der Waals surface area contributed by atoms with E-state index in [9.17, 15) is 9.18 Å². The van der Waals surface area contributed by atoms with Crippen molar-refractivity contribution in [1.82, 2.24) is 10.2 Å². The number of carbonyl (C=O) groups excluding carboxylic acids is 1. The second-order valence-corrected chi connectivity index (χ2v) is 7.83. The summed E-state index contributed by atoms with van der Waals surface area (Å²) in [4.78, 5) is 19.4. The van der Waals surface area contributed by atoms with Crippen molar-refractivity contribution in [2.24, 2.45) is 4.99 Å². The fraction of sp³-hybridized carbons (Fsp3) is 0.579. The molecule has 1 N–H and O–H groups in total. The minimum atomic E-state index is -0.280. The van der Waals surface area contributed by atoms with Gasteiger partial charge in [0.05, 0.1) is 6.04 Å². The van der Waals surface area contributed by atoms with E-state index in [0.717, 1.165) is 29.3 Å². The number of hydrogen-bond donors (Lipinski definition) is 1. The van der Waals surface area contributed by atoms with Crippen molar-refractivity contribution in [2.75, 3.05) is 12.8 Å². The highest BCUT2D eigenvalue weighted by molar-refractivity contribution is 8.14. The van der Waals surface area contributed by atoms with Gasteiger partial charge in [0.15, 0.2) is 5.17 Å². The summed E-state index contributed by atoms with van der Waals surface area (Å²) in [6.07, 6.45) is 7.47. The van der Waals surface area contributed by atoms with E-state index in [1.165, 1.54) is 37.8 Å². The van der Waals surface area contributed by atoms with Gasteiger partial charge in [-0.25, -0.2) is 4.39 Å². The number of aliphatic imine (C=N–C) groups is 1. The molecule has 2 aliphatic rings. The summed E-state index contributed by atoms with van der Waals surface area (Å²) >= 11 is 1.67. The highest BCUT2D eigenvalue weighted by Gasteiger charge is 2.33. The van der Waals surface area contributed by atoms with Crippen molar-refractivity contribution in [3.05, 3.63) is 35.6 Å². The van der Waals surface area contributed by atoms with E-state index in [4.69, 9.17) is 4.99 Å². The van der Waals surface area contributed by atoms with Gasteiger partial charge in [0, 0.05) is 19.3 Å². The number of halogens is 2. The third-order valence-electron chi connectivity index (χ3n) is 4.92. The molecule has 0 spiro atoms. The van der Waals surface area contributed by atoms with Crippen LogP contribution in [0.5, 0.6) is 0 Å². The van der Waals surface area contributed by atoms with Gasteiger partial charge in [-0.2, -0.15) is 0 Å². The van der Waals surface area contributed by atoms with Crippen molar-refractivity contribution in [3.63, 3.8) is 0 Å². The molecule has 7 heteroatoms. The fourth-order valence-corrected chi connectivity index (χ4v) is 4.61. The number of rotatable bonds is 4. The van der Waals surface area contributed by atoms with Crippen LogP contribution in [0.4, 0.5) is 4.39 Å². The molecule has 1 aliphatic heterocycles. The highest BCUT2D eigenvalue weighted by Crippen LogP contribution is 2.26. The molecule has 1 unspecified atom stereocenters. The Labute approximate surface area is 165 Å². The van der Waals surface area contributed by atoms with E-state index >= 15 is 0 Å². The quantitative estimate of drug-likeness (QED) is 0.778. The zero-order valence-electron chi connectivity index (χ0n) is 15.1. The van der Waals surface area contributed by atoms with Gasteiger partial charge in [-0.1, -0.05) is 49.6 Å². The van der Waals surface area contributed by atoms with E-state index in [1.807, 2.05) is 18.0 Å². The third-order valence-corrected chi connectivity index (χ3v) is 6.05. The lowest BCUT2D eigenvalue weighted by atomic mass is 10.1. The molecule has 2 fully saturated rings. The molecule has 0 aromatic heterocycles. The molecule has 1 aliphatic carbocycles. The lowest BCUT2D eigenvalue weighted by molar-refractivity contribution is -0.124. The zero-order valence-corrected chi connectivity index (χ0v) is 16.8. The molecule has 1 saturated carbocycles. The van der Waals surface area contributed by atoms with E-state index in [2.05, 4.69) is 5.32 Å². The first kappa shape index (κ1) is 21.0. The van der Waals surface area contributed by atoms with Crippen LogP contribution in [0.15, 0.2) is 29.3 Å². The van der Waals surface area contributed by atoms with Crippen LogP contribution in [-0.4, -0.2) is 40.9 Å². The summed E-state index contributed by atoms with van der Waals surface area (Å²) in [5.41, 5.74) is 0.772. The lowest BCUT2D eigenvalue weighted by Crippen LogP contribution is -2.44. The molecule has 0 radical (unpaired) electrons. The molecule has 144 valence electrons. The van der Waals surface area contributed by atoms with Crippen LogP contribution in [0, 0.1) is 5.82 Å². The molecule has 3 rings (SSSR count). The second-order valence-electron chi connectivity index (χ2n) is 6.84. The van der Waals surface area contributed by atoms with Gasteiger partial charge in [0.2, 0.25) is 5.91 Å². The Balaban J connectivity index is 0.00000243. The number of amides is 1. The molecule has 26 heavy (non-hydrogen) atoms. The smallest absolute Gasteiger partial charge is 0.243 e. The maximum atomic E-state index is 13.2. The molecule has 1 amide bonds. The fourth-order valence-electron chi connectivity index (χ4n) is 3.38. The Hall–Kier alpha value is -1.27. The number of thioether (sulfide) groups is 1. The number of likely N-dealkylation sites (N-methyl/N-ethyl adjacent to an activating group) is 1. The molecule has 1 aromatic carbocycles. The first-order valence-corrected chi connectivity index (χ1v) is 10.1. The predicted molar refractivity (Wildman–Crippen MR) is 108 cm³/mol. The van der Waals surface area contributed by atoms with Gasteiger partial charge < -0.3 is 10.2 Å². The summed E-state index contributed by atoms with van der Waals surface area (Å²) in [7, 11) is 1.95. The molecule has 1 aromatic rings. The average molecular weight is 400 g/mol. The Morgan fingerprint density at radius 2 is 2.04 bits per heavy atom. The number of nitrogens with zero attached hydrogens (tertiary/aromatic N) is 2. The molecule has 4 nitrogen and oxygen atoms in total. The predicted octanol–water partition coefficient (Wildman–Crippen LogP) is 3.99. The Bertz CT molecular complexity index is 635. The van der Waals surface area contributed by atoms with E-state index in [-0.39, 0.29) is 30.2 Å². The standard InChI is InChI=1S/C19H26FN3OS.ClH/c1-23-17(18(24)21-12-14-7-6-8-15(20)11-14)13-25-19(23)22-16-9-4-2-3-5-10-16;/h6-8,11,16-17H,2-5,9-10,12-13H2,1H3,(H,21,24);1H. The maximum Gasteiger partial charge on any atom is 0.243 e. The summed E-state index contributed by atoms with van der Waals surface area (Å²) in [6.45, 7) is 0.348. The minimum absolute atomic E-state index is 0. The molecular weight excluding hydrogens is 373 g/mol. The van der Waals surface area contributed by atoms with Crippen molar-refractivity contribution in [1.29, 1.82) is 0 Å². The summed E-state index contributed by atoms with van der Waals surface area (Å²) in [6, 6.07) is 6.53. The van der Waals surface area contributed by atoms with Crippen LogP contribution in [0.2, 0.25) is 0 Å². The van der Waals surface area contributed by atoms with Crippen molar-refractivity contribution < 1.29 is 9.18 Å². The maximum absolute atomic E-state index is 13.2. The normalized spacial score (nSPS) is 22.8. The van der Waals surface area contributed by atoms with Crippen LogP contribution in [0.3, 0.4) is 0 Å². The Kier molecular flexibility index (Phi) is 8.22. The minimum Gasteiger partial charge on any atom is -0.350 e. The van der Waals surface area contributed by atoms with Crippen molar-refractivity contribution in [2.45, 2.75) is 57.2 Å². The largest absolute Gasteiger partial charge is 0.350 e. The molecular formula is C19H27ClFN3OS. The number of carbonyl (C=O) groups is 1. The number of benzene rings is 1. The lowest BCUT2D eigenvalue weighted by Gasteiger charge is -2.21. The van der Waals surface area contributed by atoms with Crippen molar-refractivity contribution in [3.8, 4) is 0 Å². The first-order valence-electron chi connectivity index (χ1n) is 9.09. The van der Waals surface area contributed by atoms with Gasteiger partial charge in [-0.3, -0.25) is 9.79 Å². The zero-order chi connectivity index (χ0) is 17.6. The molecule has 1 heterocycles. The van der Waals surface area contributed by atoms with Gasteiger partial charge in [-0.15, -0.1) is 12.4 Å². The topological polar surface area (TPSA) is 44.7 Å². The van der Waals surface area contributed by atoms with Crippen molar-refractivity contribution >= 4 is 35.2 Å². The first-order chi connectivity index (χ1) is 12.1. The van der Waals surface area contributed by atoms with E-state index in [0.29, 0.717) is 12.6 Å². The summed E-state index contributed by atoms with van der Waals surface area (Å²) < 4.78 is 13.2. The van der Waals surface area contributed by atoms with Crippen LogP contribution in [0.1, 0.15) is 44.1 Å². The summed E-state index contributed by atoms with van der Waals surface area (Å²) in [5.74, 6) is 0.417. The number of nitrogens with one attached hydrogen (secondary N) is 1. The van der Waals surface area contributed by atoms with E-state index in [1.54, 1.807) is 17.8 Å². The van der Waals surface area contributed by atoms with Gasteiger partial charge >= 0.3 is 0 Å². The third kappa shape index (κ3) is 5.61. The summed E-state index contributed by atoms with van der Waals surface area (Å²) in [5, 5.41) is 3.90. The van der Waals surface area contributed by atoms with Crippen LogP contribution < -0.4 is 5.32 Å². The Morgan fingerprint density at radius 3 is 2.73 bits per heavy atom. The number of amidine groups is 1. The Morgan fingerprint density at radius 1 is 1.31 bits per heavy atom. The van der Waals surface area contributed by atoms with Crippen LogP contribution >= 0.6 is 24.2 Å².